The Bertz CT molecular complexity index is 406. The van der Waals surface area contributed by atoms with Gasteiger partial charge in [0, 0.05) is 25.2 Å². The molecule has 1 aromatic carbocycles. The fraction of sp³-hybridized carbons (Fsp3) is 0.667. The van der Waals surface area contributed by atoms with Crippen molar-refractivity contribution in [3.8, 4) is 0 Å². The van der Waals surface area contributed by atoms with Crippen molar-refractivity contribution in [3.05, 3.63) is 35.9 Å². The van der Waals surface area contributed by atoms with E-state index < -0.39 is 0 Å². The van der Waals surface area contributed by atoms with Crippen molar-refractivity contribution in [2.45, 2.75) is 44.8 Å². The average Bonchev–Trinajstić information content (AvgIpc) is 3.05. The third kappa shape index (κ3) is 3.85. The van der Waals surface area contributed by atoms with Crippen LogP contribution >= 0.6 is 0 Å². The Kier molecular flexibility index (Phi) is 5.28. The fourth-order valence-corrected chi connectivity index (χ4v) is 3.99. The van der Waals surface area contributed by atoms with Gasteiger partial charge in [0.05, 0.1) is 0 Å². The van der Waals surface area contributed by atoms with E-state index in [1.165, 1.54) is 57.5 Å². The number of likely N-dealkylation sites (N-methyl/N-ethyl adjacent to an activating group) is 1. The smallest absolute Gasteiger partial charge is 0.0235 e. The minimum Gasteiger partial charge on any atom is -0.315 e. The summed E-state index contributed by atoms with van der Waals surface area (Å²) in [6.45, 7) is 9.54. The van der Waals surface area contributed by atoms with Crippen LogP contribution in [-0.2, 0) is 6.54 Å². The molecule has 0 aliphatic carbocycles. The van der Waals surface area contributed by atoms with E-state index in [1.807, 2.05) is 0 Å². The summed E-state index contributed by atoms with van der Waals surface area (Å²) in [5.74, 6) is 0. The Hall–Kier alpha value is -0.900. The predicted octanol–water partition coefficient (Wildman–Crippen LogP) is 2.33. The molecule has 3 rings (SSSR count). The fourth-order valence-electron chi connectivity index (χ4n) is 3.99. The maximum atomic E-state index is 3.52. The van der Waals surface area contributed by atoms with Gasteiger partial charge in [0.2, 0.25) is 0 Å². The molecular weight excluding hydrogens is 258 g/mol. The monoisotopic (exact) mass is 287 g/mol. The molecule has 0 aromatic heterocycles. The number of nitrogens with one attached hydrogen (secondary N) is 1. The third-order valence-electron chi connectivity index (χ3n) is 5.14. The third-order valence-corrected chi connectivity index (χ3v) is 5.14. The van der Waals surface area contributed by atoms with Crippen LogP contribution in [0.15, 0.2) is 30.3 Å². The lowest BCUT2D eigenvalue weighted by Crippen LogP contribution is -2.49. The molecule has 1 unspecified atom stereocenters. The highest BCUT2D eigenvalue weighted by Gasteiger charge is 2.29. The molecule has 0 radical (unpaired) electrons. The second kappa shape index (κ2) is 7.39. The highest BCUT2D eigenvalue weighted by atomic mass is 15.2. The minimum atomic E-state index is 0.778. The molecule has 2 heterocycles. The first-order valence-corrected chi connectivity index (χ1v) is 8.59. The van der Waals surface area contributed by atoms with E-state index in [0.717, 1.165) is 18.6 Å². The van der Waals surface area contributed by atoms with Crippen molar-refractivity contribution >= 4 is 0 Å². The Labute approximate surface area is 129 Å². The van der Waals surface area contributed by atoms with Crippen LogP contribution in [0.4, 0.5) is 0 Å². The molecule has 2 fully saturated rings. The van der Waals surface area contributed by atoms with Gasteiger partial charge < -0.3 is 5.32 Å². The summed E-state index contributed by atoms with van der Waals surface area (Å²) in [4.78, 5) is 5.38. The molecule has 3 nitrogen and oxygen atoms in total. The SMILES string of the molecule is CCN(C1CCN(Cc2ccccc2)CC1)C1CCNC1. The molecule has 21 heavy (non-hydrogen) atoms. The number of hydrogen-bond acceptors (Lipinski definition) is 3. The van der Waals surface area contributed by atoms with Gasteiger partial charge in [-0.15, -0.1) is 0 Å². The zero-order valence-corrected chi connectivity index (χ0v) is 13.3. The summed E-state index contributed by atoms with van der Waals surface area (Å²) >= 11 is 0. The quantitative estimate of drug-likeness (QED) is 0.897. The van der Waals surface area contributed by atoms with Crippen LogP contribution in [0.5, 0.6) is 0 Å². The maximum absolute atomic E-state index is 3.52. The lowest BCUT2D eigenvalue weighted by molar-refractivity contribution is 0.0810. The highest BCUT2D eigenvalue weighted by Crippen LogP contribution is 2.22. The molecule has 1 atom stereocenters. The van der Waals surface area contributed by atoms with E-state index in [2.05, 4.69) is 52.4 Å². The molecule has 2 aliphatic heterocycles. The van der Waals surface area contributed by atoms with Crippen LogP contribution in [0.3, 0.4) is 0 Å². The van der Waals surface area contributed by atoms with Gasteiger partial charge in [-0.1, -0.05) is 37.3 Å². The molecule has 0 spiro atoms. The first-order valence-electron chi connectivity index (χ1n) is 8.59. The van der Waals surface area contributed by atoms with Crippen LogP contribution in [0.2, 0.25) is 0 Å². The van der Waals surface area contributed by atoms with Crippen LogP contribution in [0, 0.1) is 0 Å². The van der Waals surface area contributed by atoms with Crippen molar-refractivity contribution < 1.29 is 0 Å². The lowest BCUT2D eigenvalue weighted by atomic mass is 10.00. The summed E-state index contributed by atoms with van der Waals surface area (Å²) in [6, 6.07) is 12.5. The first kappa shape index (κ1) is 15.0. The van der Waals surface area contributed by atoms with Crippen LogP contribution in [0.25, 0.3) is 0 Å². The molecule has 0 bridgehead atoms. The standard InChI is InChI=1S/C18H29N3/c1-2-21(18-8-11-19-14-18)17-9-12-20(13-10-17)15-16-6-4-3-5-7-16/h3-7,17-19H,2,8-15H2,1H3. The maximum Gasteiger partial charge on any atom is 0.0235 e. The Morgan fingerprint density at radius 1 is 1.10 bits per heavy atom. The zero-order chi connectivity index (χ0) is 14.5. The number of benzene rings is 1. The number of nitrogens with zero attached hydrogens (tertiary/aromatic N) is 2. The van der Waals surface area contributed by atoms with E-state index in [1.54, 1.807) is 0 Å². The number of hydrogen-bond donors (Lipinski definition) is 1. The van der Waals surface area contributed by atoms with Crippen LogP contribution in [0.1, 0.15) is 31.7 Å². The summed E-state index contributed by atoms with van der Waals surface area (Å²) < 4.78 is 0. The van der Waals surface area contributed by atoms with E-state index in [0.29, 0.717) is 0 Å². The Morgan fingerprint density at radius 2 is 1.86 bits per heavy atom. The van der Waals surface area contributed by atoms with Gasteiger partial charge in [0.25, 0.3) is 0 Å². The summed E-state index contributed by atoms with van der Waals surface area (Å²) in [6.07, 6.45) is 3.99. The van der Waals surface area contributed by atoms with E-state index in [9.17, 15) is 0 Å². The highest BCUT2D eigenvalue weighted by molar-refractivity contribution is 5.14. The van der Waals surface area contributed by atoms with Gasteiger partial charge in [-0.2, -0.15) is 0 Å². The largest absolute Gasteiger partial charge is 0.315 e. The normalized spacial score (nSPS) is 24.8. The van der Waals surface area contributed by atoms with E-state index in [4.69, 9.17) is 0 Å². The van der Waals surface area contributed by atoms with Crippen LogP contribution in [-0.4, -0.2) is 54.6 Å². The van der Waals surface area contributed by atoms with Gasteiger partial charge in [-0.3, -0.25) is 9.80 Å². The second-order valence-electron chi connectivity index (χ2n) is 6.47. The van der Waals surface area contributed by atoms with E-state index >= 15 is 0 Å². The molecule has 0 amide bonds. The van der Waals surface area contributed by atoms with Gasteiger partial charge in [-0.25, -0.2) is 0 Å². The van der Waals surface area contributed by atoms with Crippen molar-refractivity contribution in [2.75, 3.05) is 32.7 Å². The lowest BCUT2D eigenvalue weighted by Gasteiger charge is -2.41. The first-order chi connectivity index (χ1) is 10.4. The van der Waals surface area contributed by atoms with Crippen molar-refractivity contribution in [1.82, 2.24) is 15.1 Å². The topological polar surface area (TPSA) is 18.5 Å². The number of rotatable bonds is 5. The minimum absolute atomic E-state index is 0.778. The molecule has 2 aliphatic rings. The number of piperidine rings is 1. The van der Waals surface area contributed by atoms with Crippen molar-refractivity contribution in [1.29, 1.82) is 0 Å². The molecular formula is C18H29N3. The second-order valence-corrected chi connectivity index (χ2v) is 6.47. The molecule has 1 aromatic rings. The molecule has 3 heteroatoms. The summed E-state index contributed by atoms with van der Waals surface area (Å²) in [5, 5.41) is 3.52. The number of likely N-dealkylation sites (tertiary alicyclic amines) is 1. The average molecular weight is 287 g/mol. The van der Waals surface area contributed by atoms with Crippen molar-refractivity contribution in [3.63, 3.8) is 0 Å². The van der Waals surface area contributed by atoms with Crippen LogP contribution < -0.4 is 5.32 Å². The Morgan fingerprint density at radius 3 is 2.48 bits per heavy atom. The molecule has 0 saturated carbocycles. The van der Waals surface area contributed by atoms with Gasteiger partial charge in [0.15, 0.2) is 0 Å². The van der Waals surface area contributed by atoms with Crippen molar-refractivity contribution in [2.24, 2.45) is 0 Å². The van der Waals surface area contributed by atoms with Gasteiger partial charge in [0.1, 0.15) is 0 Å². The summed E-state index contributed by atoms with van der Waals surface area (Å²) in [5.41, 5.74) is 1.45. The molecule has 1 N–H and O–H groups in total. The van der Waals surface area contributed by atoms with E-state index in [-0.39, 0.29) is 0 Å². The van der Waals surface area contributed by atoms with Gasteiger partial charge in [-0.05, 0) is 51.0 Å². The van der Waals surface area contributed by atoms with Gasteiger partial charge >= 0.3 is 0 Å². The molecule has 116 valence electrons. The predicted molar refractivity (Wildman–Crippen MR) is 88.4 cm³/mol. The molecule has 2 saturated heterocycles. The Balaban J connectivity index is 1.50. The zero-order valence-electron chi connectivity index (χ0n) is 13.3. The summed E-state index contributed by atoms with van der Waals surface area (Å²) in [7, 11) is 0.